The summed E-state index contributed by atoms with van der Waals surface area (Å²) in [4.78, 5) is 2.33. The number of anilines is 1. The maximum absolute atomic E-state index is 5.77. The Hall–Kier alpha value is -1.10. The van der Waals surface area contributed by atoms with Crippen LogP contribution in [0.2, 0.25) is 0 Å². The number of nitrogens with zero attached hydrogens (tertiary/aromatic N) is 3. The first-order valence-corrected chi connectivity index (χ1v) is 7.14. The molecule has 0 unspecified atom stereocenters. The Bertz CT molecular complexity index is 470. The molecule has 106 valence electrons. The predicted molar refractivity (Wildman–Crippen MR) is 73.9 cm³/mol. The minimum Gasteiger partial charge on any atom is -0.407 e. The molecule has 1 aliphatic carbocycles. The van der Waals surface area contributed by atoms with Gasteiger partial charge >= 0.3 is 6.01 Å². The standard InChI is InChI=1S/C14H24N4O/c1-13(2)5-10-6-14(3,8-13)9-18(10)12-17-16-11(19-12)7-15-4/h10,15H,5-9H2,1-4H3/t10-,14-/m1/s1. The Morgan fingerprint density at radius 1 is 1.32 bits per heavy atom. The van der Waals surface area contributed by atoms with Gasteiger partial charge in [0.15, 0.2) is 0 Å². The van der Waals surface area contributed by atoms with E-state index in [1.54, 1.807) is 0 Å². The minimum absolute atomic E-state index is 0.393. The molecule has 19 heavy (non-hydrogen) atoms. The highest BCUT2D eigenvalue weighted by Gasteiger charge is 2.50. The molecule has 2 bridgehead atoms. The van der Waals surface area contributed by atoms with Gasteiger partial charge in [0.2, 0.25) is 5.89 Å². The summed E-state index contributed by atoms with van der Waals surface area (Å²) in [6.07, 6.45) is 3.75. The lowest BCUT2D eigenvalue weighted by atomic mass is 9.65. The molecule has 1 aliphatic heterocycles. The maximum atomic E-state index is 5.77. The second-order valence-electron chi connectivity index (χ2n) is 7.35. The fourth-order valence-electron chi connectivity index (χ4n) is 4.27. The van der Waals surface area contributed by atoms with Crippen LogP contribution in [-0.2, 0) is 6.54 Å². The molecule has 1 saturated carbocycles. The Kier molecular flexibility index (Phi) is 2.85. The summed E-state index contributed by atoms with van der Waals surface area (Å²) in [6.45, 7) is 8.82. The summed E-state index contributed by atoms with van der Waals surface area (Å²) in [5.74, 6) is 0.670. The monoisotopic (exact) mass is 264 g/mol. The van der Waals surface area contributed by atoms with Gasteiger partial charge in [-0.05, 0) is 37.1 Å². The smallest absolute Gasteiger partial charge is 0.318 e. The quantitative estimate of drug-likeness (QED) is 0.907. The molecule has 2 heterocycles. The number of aromatic nitrogens is 2. The highest BCUT2D eigenvalue weighted by Crippen LogP contribution is 2.53. The molecule has 2 fully saturated rings. The van der Waals surface area contributed by atoms with Gasteiger partial charge in [0.05, 0.1) is 6.54 Å². The molecule has 0 radical (unpaired) electrons. The first-order valence-electron chi connectivity index (χ1n) is 7.14. The van der Waals surface area contributed by atoms with Crippen molar-refractivity contribution in [2.75, 3.05) is 18.5 Å². The molecule has 5 heteroatoms. The van der Waals surface area contributed by atoms with Crippen LogP contribution in [0.15, 0.2) is 4.42 Å². The van der Waals surface area contributed by atoms with Crippen LogP contribution in [0.4, 0.5) is 6.01 Å². The van der Waals surface area contributed by atoms with Crippen molar-refractivity contribution in [1.82, 2.24) is 15.5 Å². The van der Waals surface area contributed by atoms with Crippen molar-refractivity contribution in [1.29, 1.82) is 0 Å². The van der Waals surface area contributed by atoms with E-state index in [0.717, 1.165) is 6.54 Å². The van der Waals surface area contributed by atoms with E-state index in [9.17, 15) is 0 Å². The van der Waals surface area contributed by atoms with Crippen LogP contribution in [0.5, 0.6) is 0 Å². The van der Waals surface area contributed by atoms with Gasteiger partial charge in [0.1, 0.15) is 0 Å². The van der Waals surface area contributed by atoms with Gasteiger partial charge < -0.3 is 14.6 Å². The molecule has 1 aromatic heterocycles. The summed E-state index contributed by atoms with van der Waals surface area (Å²) in [5, 5.41) is 11.4. The van der Waals surface area contributed by atoms with Crippen molar-refractivity contribution >= 4 is 6.01 Å². The van der Waals surface area contributed by atoms with Crippen molar-refractivity contribution in [3.63, 3.8) is 0 Å². The van der Waals surface area contributed by atoms with Crippen LogP contribution >= 0.6 is 0 Å². The largest absolute Gasteiger partial charge is 0.407 e. The minimum atomic E-state index is 0.393. The molecule has 0 aromatic carbocycles. The van der Waals surface area contributed by atoms with Crippen LogP contribution < -0.4 is 10.2 Å². The molecular weight excluding hydrogens is 240 g/mol. The van der Waals surface area contributed by atoms with Gasteiger partial charge in [-0.2, -0.15) is 0 Å². The van der Waals surface area contributed by atoms with Gasteiger partial charge in [-0.25, -0.2) is 0 Å². The van der Waals surface area contributed by atoms with E-state index < -0.39 is 0 Å². The SMILES string of the molecule is CNCc1nnc(N2C[C@]3(C)C[C@H]2CC(C)(C)C3)o1. The number of hydrogen-bond donors (Lipinski definition) is 1. The third kappa shape index (κ3) is 2.36. The zero-order chi connectivity index (χ0) is 13.7. The predicted octanol–water partition coefficient (Wildman–Crippen LogP) is 2.19. The average molecular weight is 264 g/mol. The normalized spacial score (nSPS) is 32.8. The summed E-state index contributed by atoms with van der Waals surface area (Å²) in [7, 11) is 1.89. The third-order valence-electron chi connectivity index (χ3n) is 4.44. The van der Waals surface area contributed by atoms with Crippen LogP contribution in [-0.4, -0.2) is 29.8 Å². The molecule has 1 N–H and O–H groups in total. The molecular formula is C14H24N4O. The third-order valence-corrected chi connectivity index (χ3v) is 4.44. The van der Waals surface area contributed by atoms with E-state index >= 15 is 0 Å². The lowest BCUT2D eigenvalue weighted by Crippen LogP contribution is -2.34. The molecule has 1 saturated heterocycles. The fraction of sp³-hybridized carbons (Fsp3) is 0.857. The Morgan fingerprint density at radius 2 is 2.11 bits per heavy atom. The van der Waals surface area contributed by atoms with E-state index in [1.807, 2.05) is 7.05 Å². The Morgan fingerprint density at radius 3 is 2.84 bits per heavy atom. The van der Waals surface area contributed by atoms with Crippen molar-refractivity contribution in [2.24, 2.45) is 10.8 Å². The van der Waals surface area contributed by atoms with E-state index in [2.05, 4.69) is 41.2 Å². The summed E-state index contributed by atoms with van der Waals surface area (Å²) in [6, 6.07) is 1.26. The zero-order valence-corrected chi connectivity index (χ0v) is 12.4. The van der Waals surface area contributed by atoms with Gasteiger partial charge in [0.25, 0.3) is 0 Å². The van der Waals surface area contributed by atoms with Crippen LogP contribution in [0, 0.1) is 10.8 Å². The van der Waals surface area contributed by atoms with Crippen molar-refractivity contribution < 1.29 is 4.42 Å². The van der Waals surface area contributed by atoms with Crippen molar-refractivity contribution in [2.45, 2.75) is 52.6 Å². The second kappa shape index (κ2) is 4.20. The average Bonchev–Trinajstić information content (AvgIpc) is 2.80. The summed E-state index contributed by atoms with van der Waals surface area (Å²) >= 11 is 0. The topological polar surface area (TPSA) is 54.2 Å². The number of hydrogen-bond acceptors (Lipinski definition) is 5. The van der Waals surface area contributed by atoms with E-state index in [0.29, 0.717) is 35.3 Å². The van der Waals surface area contributed by atoms with Crippen molar-refractivity contribution in [3.8, 4) is 0 Å². The lowest BCUT2D eigenvalue weighted by Gasteiger charge is -2.39. The molecule has 0 amide bonds. The number of rotatable bonds is 3. The Balaban J connectivity index is 1.82. The first kappa shape index (κ1) is 12.9. The van der Waals surface area contributed by atoms with Crippen LogP contribution in [0.25, 0.3) is 0 Å². The van der Waals surface area contributed by atoms with E-state index in [-0.39, 0.29) is 0 Å². The zero-order valence-electron chi connectivity index (χ0n) is 12.4. The molecule has 2 aliphatic rings. The maximum Gasteiger partial charge on any atom is 0.318 e. The van der Waals surface area contributed by atoms with Gasteiger partial charge in [-0.3, -0.25) is 0 Å². The Labute approximate surface area is 114 Å². The fourth-order valence-corrected chi connectivity index (χ4v) is 4.27. The molecule has 2 atom stereocenters. The van der Waals surface area contributed by atoms with E-state index in [1.165, 1.54) is 19.3 Å². The van der Waals surface area contributed by atoms with Gasteiger partial charge in [-0.15, -0.1) is 5.10 Å². The summed E-state index contributed by atoms with van der Waals surface area (Å²) < 4.78 is 5.77. The second-order valence-corrected chi connectivity index (χ2v) is 7.35. The molecule has 1 aromatic rings. The van der Waals surface area contributed by atoms with Crippen LogP contribution in [0.3, 0.4) is 0 Å². The number of nitrogens with one attached hydrogen (secondary N) is 1. The van der Waals surface area contributed by atoms with Crippen LogP contribution in [0.1, 0.15) is 45.9 Å². The van der Waals surface area contributed by atoms with Gasteiger partial charge in [0, 0.05) is 12.6 Å². The number of fused-ring (bicyclic) bond motifs is 2. The van der Waals surface area contributed by atoms with Gasteiger partial charge in [-0.1, -0.05) is 25.9 Å². The highest BCUT2D eigenvalue weighted by molar-refractivity contribution is 5.33. The first-order chi connectivity index (χ1) is 8.91. The summed E-state index contributed by atoms with van der Waals surface area (Å²) in [5.41, 5.74) is 0.810. The molecule has 5 nitrogen and oxygen atoms in total. The lowest BCUT2D eigenvalue weighted by molar-refractivity contribution is 0.136. The van der Waals surface area contributed by atoms with E-state index in [4.69, 9.17) is 4.42 Å². The highest BCUT2D eigenvalue weighted by atomic mass is 16.4. The van der Waals surface area contributed by atoms with Crippen molar-refractivity contribution in [3.05, 3.63) is 5.89 Å². The molecule has 3 rings (SSSR count). The molecule has 0 spiro atoms.